The second-order valence-electron chi connectivity index (χ2n) is 7.93. The van der Waals surface area contributed by atoms with Crippen LogP contribution in [0.1, 0.15) is 66.8 Å². The van der Waals surface area contributed by atoms with Crippen LogP contribution >= 0.6 is 0 Å². The molecule has 0 radical (unpaired) electrons. The van der Waals surface area contributed by atoms with Crippen molar-refractivity contribution in [3.8, 4) is 0 Å². The minimum Gasteiger partial charge on any atom is -0.0651 e. The van der Waals surface area contributed by atoms with Crippen molar-refractivity contribution in [3.05, 3.63) is 70.3 Å². The molecule has 3 rings (SSSR count). The molecule has 1 fully saturated rings. The minimum absolute atomic E-state index is 0.911. The molecule has 0 unspecified atom stereocenters. The summed E-state index contributed by atoms with van der Waals surface area (Å²) in [5.74, 6) is 1.91. The number of hydrogen-bond donors (Lipinski definition) is 0. The lowest BCUT2D eigenvalue weighted by atomic mass is 9.78. The van der Waals surface area contributed by atoms with E-state index in [1.807, 2.05) is 0 Å². The Bertz CT molecular complexity index is 659. The third-order valence-corrected chi connectivity index (χ3v) is 5.95. The van der Waals surface area contributed by atoms with E-state index >= 15 is 0 Å². The van der Waals surface area contributed by atoms with Crippen molar-refractivity contribution in [1.29, 1.82) is 0 Å². The molecule has 0 aromatic heterocycles. The largest absolute Gasteiger partial charge is 0.0651 e. The van der Waals surface area contributed by atoms with Crippen molar-refractivity contribution < 1.29 is 0 Å². The SMILES string of the molecule is CCC1CCC(Cc2ccc(Cc3cccc(C)c3)cc2C)CC1. The lowest BCUT2D eigenvalue weighted by Gasteiger charge is -2.28. The molecule has 1 aliphatic carbocycles. The van der Waals surface area contributed by atoms with Crippen LogP contribution in [0.25, 0.3) is 0 Å². The highest BCUT2D eigenvalue weighted by Gasteiger charge is 2.20. The summed E-state index contributed by atoms with van der Waals surface area (Å²) in [4.78, 5) is 0. The van der Waals surface area contributed by atoms with Gasteiger partial charge in [-0.2, -0.15) is 0 Å². The summed E-state index contributed by atoms with van der Waals surface area (Å²) in [6.45, 7) is 6.82. The second kappa shape index (κ2) is 8.01. The highest BCUT2D eigenvalue weighted by atomic mass is 14.3. The van der Waals surface area contributed by atoms with E-state index in [4.69, 9.17) is 0 Å². The van der Waals surface area contributed by atoms with Gasteiger partial charge in [0.1, 0.15) is 0 Å². The quantitative estimate of drug-likeness (QED) is 0.578. The zero-order valence-corrected chi connectivity index (χ0v) is 15.6. The molecule has 0 N–H and O–H groups in total. The Kier molecular flexibility index (Phi) is 5.76. The summed E-state index contributed by atoms with van der Waals surface area (Å²) in [7, 11) is 0. The Labute approximate surface area is 148 Å². The van der Waals surface area contributed by atoms with Crippen molar-refractivity contribution in [2.24, 2.45) is 11.8 Å². The van der Waals surface area contributed by atoms with Gasteiger partial charge in [-0.25, -0.2) is 0 Å². The van der Waals surface area contributed by atoms with Crippen molar-refractivity contribution >= 4 is 0 Å². The van der Waals surface area contributed by atoms with Gasteiger partial charge in [0.2, 0.25) is 0 Å². The molecule has 1 saturated carbocycles. The molecule has 2 aromatic carbocycles. The van der Waals surface area contributed by atoms with Gasteiger partial charge in [-0.05, 0) is 73.6 Å². The first-order valence-electron chi connectivity index (χ1n) is 9.78. The van der Waals surface area contributed by atoms with E-state index < -0.39 is 0 Å². The molecule has 128 valence electrons. The molecule has 2 aromatic rings. The van der Waals surface area contributed by atoms with Gasteiger partial charge in [0.05, 0.1) is 0 Å². The summed E-state index contributed by atoms with van der Waals surface area (Å²) in [6, 6.07) is 16.0. The van der Waals surface area contributed by atoms with Gasteiger partial charge in [0.25, 0.3) is 0 Å². The van der Waals surface area contributed by atoms with Crippen LogP contribution in [0.4, 0.5) is 0 Å². The highest BCUT2D eigenvalue weighted by molar-refractivity contribution is 5.35. The van der Waals surface area contributed by atoms with E-state index in [0.29, 0.717) is 0 Å². The first-order valence-corrected chi connectivity index (χ1v) is 9.78. The molecule has 1 aliphatic rings. The smallest absolute Gasteiger partial charge is 0.00256 e. The van der Waals surface area contributed by atoms with Crippen molar-refractivity contribution in [2.75, 3.05) is 0 Å². The molecule has 0 amide bonds. The van der Waals surface area contributed by atoms with Gasteiger partial charge < -0.3 is 0 Å². The van der Waals surface area contributed by atoms with Crippen molar-refractivity contribution in [1.82, 2.24) is 0 Å². The van der Waals surface area contributed by atoms with Crippen LogP contribution in [0, 0.1) is 25.7 Å². The maximum Gasteiger partial charge on any atom is -0.00256 e. The fourth-order valence-electron chi connectivity index (χ4n) is 4.31. The van der Waals surface area contributed by atoms with E-state index in [1.165, 1.54) is 60.8 Å². The predicted molar refractivity (Wildman–Crippen MR) is 105 cm³/mol. The predicted octanol–water partition coefficient (Wildman–Crippen LogP) is 6.65. The Morgan fingerprint density at radius 2 is 1.54 bits per heavy atom. The molecule has 0 saturated heterocycles. The van der Waals surface area contributed by atoms with E-state index in [1.54, 1.807) is 5.56 Å². The van der Waals surface area contributed by atoms with Crippen LogP contribution in [-0.4, -0.2) is 0 Å². The Morgan fingerprint density at radius 3 is 2.21 bits per heavy atom. The van der Waals surface area contributed by atoms with Crippen molar-refractivity contribution in [3.63, 3.8) is 0 Å². The fraction of sp³-hybridized carbons (Fsp3) is 0.500. The molecule has 0 heteroatoms. The molecule has 0 spiro atoms. The zero-order chi connectivity index (χ0) is 16.9. The number of aryl methyl sites for hydroxylation is 2. The lowest BCUT2D eigenvalue weighted by Crippen LogP contribution is -2.16. The van der Waals surface area contributed by atoms with Gasteiger partial charge in [-0.3, -0.25) is 0 Å². The maximum absolute atomic E-state index is 2.41. The lowest BCUT2D eigenvalue weighted by molar-refractivity contribution is 0.268. The van der Waals surface area contributed by atoms with E-state index in [-0.39, 0.29) is 0 Å². The standard InChI is InChI=1S/C24H32/c1-4-20-8-10-21(11-9-20)17-24-13-12-23(15-19(24)3)16-22-7-5-6-18(2)14-22/h5-7,12-15,20-21H,4,8-11,16-17H2,1-3H3. The molecular formula is C24H32. The molecular weight excluding hydrogens is 288 g/mol. The summed E-state index contributed by atoms with van der Waals surface area (Å²) in [5.41, 5.74) is 7.26. The van der Waals surface area contributed by atoms with Crippen molar-refractivity contribution in [2.45, 2.75) is 65.7 Å². The van der Waals surface area contributed by atoms with Gasteiger partial charge in [0, 0.05) is 0 Å². The molecule has 0 aliphatic heterocycles. The minimum atomic E-state index is 0.911. The number of benzene rings is 2. The number of rotatable bonds is 5. The summed E-state index contributed by atoms with van der Waals surface area (Å²) in [6.07, 6.45) is 9.47. The number of hydrogen-bond acceptors (Lipinski definition) is 0. The van der Waals surface area contributed by atoms with Crippen LogP contribution < -0.4 is 0 Å². The van der Waals surface area contributed by atoms with Crippen LogP contribution in [0.3, 0.4) is 0 Å². The topological polar surface area (TPSA) is 0 Å². The summed E-state index contributed by atoms with van der Waals surface area (Å²) >= 11 is 0. The molecule has 0 nitrogen and oxygen atoms in total. The van der Waals surface area contributed by atoms with Gasteiger partial charge in [-0.15, -0.1) is 0 Å². The average Bonchev–Trinajstić information content (AvgIpc) is 2.58. The summed E-state index contributed by atoms with van der Waals surface area (Å²) in [5, 5.41) is 0. The Balaban J connectivity index is 1.62. The molecule has 0 bridgehead atoms. The van der Waals surface area contributed by atoms with E-state index in [9.17, 15) is 0 Å². The normalized spacial score (nSPS) is 21.0. The van der Waals surface area contributed by atoms with Crippen LogP contribution in [0.2, 0.25) is 0 Å². The third kappa shape index (κ3) is 4.50. The Morgan fingerprint density at radius 1 is 0.833 bits per heavy atom. The van der Waals surface area contributed by atoms with Gasteiger partial charge >= 0.3 is 0 Å². The third-order valence-electron chi connectivity index (χ3n) is 5.95. The molecule has 24 heavy (non-hydrogen) atoms. The highest BCUT2D eigenvalue weighted by Crippen LogP contribution is 2.33. The Hall–Kier alpha value is -1.56. The average molecular weight is 321 g/mol. The second-order valence-corrected chi connectivity index (χ2v) is 7.93. The van der Waals surface area contributed by atoms with Crippen LogP contribution in [-0.2, 0) is 12.8 Å². The van der Waals surface area contributed by atoms with E-state index in [0.717, 1.165) is 18.3 Å². The summed E-state index contributed by atoms with van der Waals surface area (Å²) < 4.78 is 0. The maximum atomic E-state index is 2.41. The van der Waals surface area contributed by atoms with Crippen LogP contribution in [0.15, 0.2) is 42.5 Å². The van der Waals surface area contributed by atoms with Gasteiger partial charge in [0.15, 0.2) is 0 Å². The van der Waals surface area contributed by atoms with Gasteiger partial charge in [-0.1, -0.05) is 74.2 Å². The van der Waals surface area contributed by atoms with E-state index in [2.05, 4.69) is 63.2 Å². The zero-order valence-electron chi connectivity index (χ0n) is 15.6. The fourth-order valence-corrected chi connectivity index (χ4v) is 4.31. The van der Waals surface area contributed by atoms with Crippen LogP contribution in [0.5, 0.6) is 0 Å². The molecule has 0 atom stereocenters. The first kappa shape index (κ1) is 17.3. The monoisotopic (exact) mass is 320 g/mol. The molecule has 0 heterocycles. The first-order chi connectivity index (χ1) is 11.6.